The van der Waals surface area contributed by atoms with Gasteiger partial charge in [-0.15, -0.1) is 0 Å². The molecule has 1 heterocycles. The SMILES string of the molecule is COc1ccc(C(=O)NC(C(=O)O)C(C)(C)C)cc1C1=C(CN2C(=O)O[C@H](c3cc(C(F)(F)F)cc(C(F)(F)F)c3)[C@@H]2C)CC(C)(C)CC1. The number of aliphatic carboxylic acids is 1. The molecule has 4 rings (SSSR count). The number of hydrogen-bond acceptors (Lipinski definition) is 5. The number of amides is 2. The maximum atomic E-state index is 13.6. The normalized spacial score (nSPS) is 20.6. The van der Waals surface area contributed by atoms with Crippen LogP contribution in [-0.2, 0) is 21.9 Å². The van der Waals surface area contributed by atoms with Gasteiger partial charge in [0.2, 0.25) is 0 Å². The Bertz CT molecular complexity index is 1620. The van der Waals surface area contributed by atoms with E-state index in [2.05, 4.69) is 5.32 Å². The first-order chi connectivity index (χ1) is 22.4. The van der Waals surface area contributed by atoms with Crippen molar-refractivity contribution in [3.63, 3.8) is 0 Å². The second kappa shape index (κ2) is 13.2. The zero-order valence-corrected chi connectivity index (χ0v) is 28.2. The van der Waals surface area contributed by atoms with E-state index in [4.69, 9.17) is 9.47 Å². The van der Waals surface area contributed by atoms with Gasteiger partial charge in [0.05, 0.1) is 24.3 Å². The maximum Gasteiger partial charge on any atom is 0.416 e. The Balaban J connectivity index is 1.74. The Labute approximate surface area is 280 Å². The summed E-state index contributed by atoms with van der Waals surface area (Å²) in [5, 5.41) is 12.3. The van der Waals surface area contributed by atoms with Crippen LogP contribution in [0.2, 0.25) is 0 Å². The highest BCUT2D eigenvalue weighted by Gasteiger charge is 2.44. The number of ether oxygens (including phenoxy) is 2. The molecule has 0 radical (unpaired) electrons. The van der Waals surface area contributed by atoms with Gasteiger partial charge < -0.3 is 19.9 Å². The Morgan fingerprint density at radius 3 is 2.14 bits per heavy atom. The fourth-order valence-corrected chi connectivity index (χ4v) is 6.35. The summed E-state index contributed by atoms with van der Waals surface area (Å²) in [6, 6.07) is 3.69. The van der Waals surface area contributed by atoms with Crippen molar-refractivity contribution in [2.75, 3.05) is 13.7 Å². The molecule has 0 saturated carbocycles. The Hall–Kier alpha value is -4.23. The van der Waals surface area contributed by atoms with Gasteiger partial charge in [-0.1, -0.05) is 34.6 Å². The van der Waals surface area contributed by atoms with Crippen LogP contribution in [0.3, 0.4) is 0 Å². The summed E-state index contributed by atoms with van der Waals surface area (Å²) >= 11 is 0. The smallest absolute Gasteiger partial charge is 0.416 e. The molecule has 1 aliphatic carbocycles. The number of allylic oxidation sites excluding steroid dienone is 1. The number of carboxylic acid groups (broad SMARTS) is 1. The lowest BCUT2D eigenvalue weighted by Crippen LogP contribution is -2.49. The Morgan fingerprint density at radius 1 is 1.04 bits per heavy atom. The van der Waals surface area contributed by atoms with Gasteiger partial charge >= 0.3 is 24.4 Å². The van der Waals surface area contributed by atoms with Crippen molar-refractivity contribution in [2.45, 2.75) is 91.3 Å². The summed E-state index contributed by atoms with van der Waals surface area (Å²) in [5.41, 5.74) is -2.28. The van der Waals surface area contributed by atoms with Crippen LogP contribution in [0.25, 0.3) is 5.57 Å². The first kappa shape index (κ1) is 37.6. The minimum Gasteiger partial charge on any atom is -0.496 e. The fraction of sp³-hybridized carbons (Fsp3) is 0.514. The average molecular weight is 699 g/mol. The van der Waals surface area contributed by atoms with Crippen molar-refractivity contribution in [2.24, 2.45) is 10.8 Å². The van der Waals surface area contributed by atoms with Crippen LogP contribution in [0.5, 0.6) is 5.75 Å². The molecule has 2 aliphatic rings. The van der Waals surface area contributed by atoms with E-state index in [1.165, 1.54) is 25.0 Å². The monoisotopic (exact) mass is 698 g/mol. The van der Waals surface area contributed by atoms with E-state index in [9.17, 15) is 45.8 Å². The van der Waals surface area contributed by atoms with Gasteiger partial charge in [-0.05, 0) is 90.1 Å². The highest BCUT2D eigenvalue weighted by Crippen LogP contribution is 2.47. The molecule has 49 heavy (non-hydrogen) atoms. The standard InChI is InChI=1S/C35H40F6N2O6/c1-18-27(20-12-22(34(36,37)38)15-23(13-20)35(39,40)41)49-31(47)43(18)17-21-16-33(5,6)11-10-24(21)25-14-19(8-9-26(25)48-7)29(44)42-28(30(45)46)32(2,3)4/h8-9,12-15,18,27-28H,10-11,16-17H2,1-7H3,(H,42,44)(H,45,46)/t18-,27-,28?/m0/s1. The zero-order chi connectivity index (χ0) is 36.9. The van der Waals surface area contributed by atoms with E-state index in [-0.39, 0.29) is 23.6 Å². The van der Waals surface area contributed by atoms with Gasteiger partial charge in [-0.2, -0.15) is 26.3 Å². The molecule has 1 fully saturated rings. The van der Waals surface area contributed by atoms with E-state index < -0.39 is 70.6 Å². The minimum atomic E-state index is -5.07. The number of hydrogen-bond donors (Lipinski definition) is 2. The first-order valence-electron chi connectivity index (χ1n) is 15.6. The molecule has 1 saturated heterocycles. The number of rotatable bonds is 8. The molecule has 2 amide bonds. The van der Waals surface area contributed by atoms with Gasteiger partial charge in [-0.25, -0.2) is 9.59 Å². The molecule has 268 valence electrons. The number of benzene rings is 2. The molecule has 3 atom stereocenters. The van der Waals surface area contributed by atoms with Crippen molar-refractivity contribution < 1.29 is 55.3 Å². The predicted octanol–water partition coefficient (Wildman–Crippen LogP) is 8.51. The van der Waals surface area contributed by atoms with E-state index in [1.54, 1.807) is 32.9 Å². The quantitative estimate of drug-likeness (QED) is 0.268. The number of methoxy groups -OCH3 is 1. The molecule has 0 spiro atoms. The summed E-state index contributed by atoms with van der Waals surface area (Å²) < 4.78 is 92.6. The molecule has 0 bridgehead atoms. The molecular weight excluding hydrogens is 658 g/mol. The number of nitrogens with one attached hydrogen (secondary N) is 1. The summed E-state index contributed by atoms with van der Waals surface area (Å²) in [5.74, 6) is -1.41. The molecular formula is C35H40F6N2O6. The topological polar surface area (TPSA) is 105 Å². The van der Waals surface area contributed by atoms with E-state index in [0.29, 0.717) is 42.7 Å². The molecule has 1 unspecified atom stereocenters. The highest BCUT2D eigenvalue weighted by atomic mass is 19.4. The van der Waals surface area contributed by atoms with Crippen LogP contribution in [0.1, 0.15) is 99.5 Å². The third kappa shape index (κ3) is 8.33. The lowest BCUT2D eigenvalue weighted by atomic mass is 9.72. The largest absolute Gasteiger partial charge is 0.496 e. The van der Waals surface area contributed by atoms with Crippen molar-refractivity contribution in [1.29, 1.82) is 0 Å². The molecule has 0 aromatic heterocycles. The molecule has 1 aliphatic heterocycles. The third-order valence-corrected chi connectivity index (χ3v) is 9.04. The highest BCUT2D eigenvalue weighted by molar-refractivity contribution is 5.98. The van der Waals surface area contributed by atoms with Gasteiger partial charge in [0.25, 0.3) is 5.91 Å². The molecule has 2 aromatic carbocycles. The lowest BCUT2D eigenvalue weighted by molar-refractivity contribution is -0.144. The van der Waals surface area contributed by atoms with Gasteiger partial charge in [0.1, 0.15) is 17.9 Å². The third-order valence-electron chi connectivity index (χ3n) is 9.04. The Kier molecular flexibility index (Phi) is 10.2. The van der Waals surface area contributed by atoms with Crippen LogP contribution in [0, 0.1) is 10.8 Å². The van der Waals surface area contributed by atoms with Gasteiger partial charge in [0.15, 0.2) is 0 Å². The first-order valence-corrected chi connectivity index (χ1v) is 15.6. The fourth-order valence-electron chi connectivity index (χ4n) is 6.35. The van der Waals surface area contributed by atoms with Crippen LogP contribution >= 0.6 is 0 Å². The number of cyclic esters (lactones) is 1. The van der Waals surface area contributed by atoms with Crippen molar-refractivity contribution in [1.82, 2.24) is 10.2 Å². The Morgan fingerprint density at radius 2 is 1.63 bits per heavy atom. The lowest BCUT2D eigenvalue weighted by Gasteiger charge is -2.36. The second-order valence-corrected chi connectivity index (χ2v) is 14.5. The van der Waals surface area contributed by atoms with Crippen molar-refractivity contribution in [3.05, 3.63) is 69.8 Å². The number of carbonyl (C=O) groups excluding carboxylic acids is 2. The van der Waals surface area contributed by atoms with Crippen LogP contribution < -0.4 is 10.1 Å². The van der Waals surface area contributed by atoms with E-state index >= 15 is 0 Å². The second-order valence-electron chi connectivity index (χ2n) is 14.5. The number of carboxylic acids is 1. The summed E-state index contributed by atoms with van der Waals surface area (Å²) in [6.45, 7) is 10.6. The van der Waals surface area contributed by atoms with Crippen LogP contribution in [0.4, 0.5) is 31.1 Å². The van der Waals surface area contributed by atoms with Gasteiger partial charge in [0, 0.05) is 17.7 Å². The predicted molar refractivity (Wildman–Crippen MR) is 168 cm³/mol. The van der Waals surface area contributed by atoms with Crippen molar-refractivity contribution in [3.8, 4) is 5.75 Å². The summed E-state index contributed by atoms with van der Waals surface area (Å²) in [4.78, 5) is 39.7. The average Bonchev–Trinajstić information content (AvgIpc) is 3.25. The van der Waals surface area contributed by atoms with Crippen LogP contribution in [0.15, 0.2) is 42.0 Å². The zero-order valence-electron chi connectivity index (χ0n) is 28.2. The summed E-state index contributed by atoms with van der Waals surface area (Å²) in [7, 11) is 1.44. The van der Waals surface area contributed by atoms with E-state index in [1.807, 2.05) is 13.8 Å². The molecule has 2 aromatic rings. The molecule has 2 N–H and O–H groups in total. The molecule has 14 heteroatoms. The maximum absolute atomic E-state index is 13.6. The number of nitrogens with zero attached hydrogens (tertiary/aromatic N) is 1. The van der Waals surface area contributed by atoms with Crippen LogP contribution in [-0.4, -0.2) is 53.7 Å². The van der Waals surface area contributed by atoms with Crippen molar-refractivity contribution >= 4 is 23.5 Å². The number of alkyl halides is 6. The molecule has 8 nitrogen and oxygen atoms in total. The number of carbonyl (C=O) groups is 3. The van der Waals surface area contributed by atoms with Gasteiger partial charge in [-0.3, -0.25) is 9.69 Å². The number of halogens is 6. The summed E-state index contributed by atoms with van der Waals surface area (Å²) in [6.07, 6.45) is -10.8. The minimum absolute atomic E-state index is 0.0244. The van der Waals surface area contributed by atoms with E-state index in [0.717, 1.165) is 11.1 Å².